The number of nitrogens with one attached hydrogen (secondary N) is 1. The molecule has 1 fully saturated rings. The lowest BCUT2D eigenvalue weighted by molar-refractivity contribution is -0.103. The van der Waals surface area contributed by atoms with Crippen LogP contribution in [0.3, 0.4) is 0 Å². The minimum Gasteiger partial charge on any atom is -0.497 e. The van der Waals surface area contributed by atoms with E-state index in [9.17, 15) is 9.59 Å². The summed E-state index contributed by atoms with van der Waals surface area (Å²) < 4.78 is 43.7. The van der Waals surface area contributed by atoms with Crippen LogP contribution in [0.4, 0.5) is 4.39 Å². The molecule has 0 unspecified atom stereocenters. The smallest absolute Gasteiger partial charge is 0.330 e. The Balaban J connectivity index is 1.68. The van der Waals surface area contributed by atoms with Crippen molar-refractivity contribution < 1.29 is 23.0 Å². The number of aromatic nitrogens is 2. The van der Waals surface area contributed by atoms with E-state index in [1.165, 1.54) is 6.20 Å². The van der Waals surface area contributed by atoms with Gasteiger partial charge in [-0.2, -0.15) is 0 Å². The molecule has 4 aromatic rings. The maximum absolute atomic E-state index is 17.1. The molecule has 1 aliphatic heterocycles. The third kappa shape index (κ3) is 6.39. The third-order valence-corrected chi connectivity index (χ3v) is 13.8. The number of hydrogen-bond donors (Lipinski definition) is 1. The van der Waals surface area contributed by atoms with Gasteiger partial charge in [-0.25, -0.2) is 9.18 Å². The number of rotatable bonds is 10. The molecule has 1 aliphatic rings. The Morgan fingerprint density at radius 3 is 1.96 bits per heavy atom. The molecular weight excluding hydrogens is 603 g/mol. The monoisotopic (exact) mass is 646 g/mol. The summed E-state index contributed by atoms with van der Waals surface area (Å²) in [5, 5.41) is -0.107. The predicted molar refractivity (Wildman–Crippen MR) is 179 cm³/mol. The molecule has 0 aliphatic carbocycles. The molecule has 5 rings (SSSR count). The van der Waals surface area contributed by atoms with Crippen LogP contribution < -0.4 is 16.0 Å². The first-order chi connectivity index (χ1) is 21.8. The van der Waals surface area contributed by atoms with E-state index in [-0.39, 0.29) is 17.2 Å². The lowest BCUT2D eigenvalue weighted by Gasteiger charge is -2.40. The van der Waals surface area contributed by atoms with Crippen molar-refractivity contribution in [3.05, 3.63) is 134 Å². The topological polar surface area (TPSA) is 91.8 Å². The van der Waals surface area contributed by atoms with Crippen LogP contribution in [0, 0.1) is 6.92 Å². The van der Waals surface area contributed by atoms with E-state index in [1.54, 1.807) is 14.0 Å². The van der Waals surface area contributed by atoms with Crippen molar-refractivity contribution >= 4 is 8.32 Å². The van der Waals surface area contributed by atoms with Gasteiger partial charge >= 0.3 is 5.69 Å². The molecule has 10 heteroatoms. The van der Waals surface area contributed by atoms with E-state index in [0.717, 1.165) is 21.3 Å². The Morgan fingerprint density at radius 1 is 0.891 bits per heavy atom. The van der Waals surface area contributed by atoms with Crippen molar-refractivity contribution in [2.24, 2.45) is 0 Å². The molecule has 0 bridgehead atoms. The van der Waals surface area contributed by atoms with Gasteiger partial charge in [0.15, 0.2) is 20.7 Å². The van der Waals surface area contributed by atoms with E-state index in [2.05, 4.69) is 38.8 Å². The predicted octanol–water partition coefficient (Wildman–Crippen LogP) is 6.49. The Bertz CT molecular complexity index is 1700. The fourth-order valence-corrected chi connectivity index (χ4v) is 6.57. The van der Waals surface area contributed by atoms with Crippen molar-refractivity contribution in [3.8, 4) is 5.75 Å². The molecule has 46 heavy (non-hydrogen) atoms. The third-order valence-electron chi connectivity index (χ3n) is 9.27. The molecule has 2 heterocycles. The van der Waals surface area contributed by atoms with E-state index in [0.29, 0.717) is 5.75 Å². The summed E-state index contributed by atoms with van der Waals surface area (Å²) in [5.41, 5.74) is -0.0143. The number of alkyl halides is 1. The zero-order valence-corrected chi connectivity index (χ0v) is 28.5. The first-order valence-electron chi connectivity index (χ1n) is 15.5. The standard InChI is InChI=1S/C36H43FN2O6Si/c1-24-22-39(34(41)38-32(24)40)33-30(37)31(29(44-33)23-43-46(6,7)35(2,3)4)45-36(25-14-10-8-11-15-25,26-16-12-9-13-17-26)27-18-20-28(42-5)21-19-27/h8-22,29-31,33H,23H2,1-7H3,(H,38,40,41)/t29-,30-,31-,33-/m1/s1. The zero-order chi connectivity index (χ0) is 33.3. The second kappa shape index (κ2) is 13.1. The van der Waals surface area contributed by atoms with Gasteiger partial charge in [0.1, 0.15) is 23.6 Å². The number of H-pyrrole nitrogens is 1. The van der Waals surface area contributed by atoms with Crippen LogP contribution in [0.25, 0.3) is 0 Å². The average molecular weight is 647 g/mol. The second-order valence-electron chi connectivity index (χ2n) is 13.3. The van der Waals surface area contributed by atoms with Crippen molar-refractivity contribution in [2.75, 3.05) is 13.7 Å². The Labute approximate surface area is 270 Å². The number of benzene rings is 3. The lowest BCUT2D eigenvalue weighted by Crippen LogP contribution is -2.47. The van der Waals surface area contributed by atoms with Gasteiger partial charge < -0.3 is 18.6 Å². The highest BCUT2D eigenvalue weighted by Crippen LogP contribution is 2.46. The summed E-state index contributed by atoms with van der Waals surface area (Å²) in [4.78, 5) is 27.4. The molecule has 1 saturated heterocycles. The van der Waals surface area contributed by atoms with E-state index in [4.69, 9.17) is 18.6 Å². The van der Waals surface area contributed by atoms with Crippen LogP contribution in [0.2, 0.25) is 18.1 Å². The highest BCUT2D eigenvalue weighted by molar-refractivity contribution is 6.74. The van der Waals surface area contributed by atoms with E-state index in [1.807, 2.05) is 84.9 Å². The number of halogens is 1. The largest absolute Gasteiger partial charge is 0.497 e. The molecule has 1 N–H and O–H groups in total. The first-order valence-corrected chi connectivity index (χ1v) is 18.4. The van der Waals surface area contributed by atoms with Gasteiger partial charge in [-0.3, -0.25) is 14.3 Å². The number of ether oxygens (including phenoxy) is 3. The van der Waals surface area contributed by atoms with Crippen molar-refractivity contribution in [1.82, 2.24) is 9.55 Å². The maximum Gasteiger partial charge on any atom is 0.330 e. The molecule has 3 aromatic carbocycles. The maximum atomic E-state index is 17.1. The average Bonchev–Trinajstić information content (AvgIpc) is 3.35. The minimum absolute atomic E-state index is 0.0530. The second-order valence-corrected chi connectivity index (χ2v) is 18.1. The fourth-order valence-electron chi connectivity index (χ4n) is 5.55. The molecular formula is C36H43FN2O6Si. The SMILES string of the molecule is COc1ccc(C(O[C@H]2[C@@H](F)[C@H](n3cc(C)c(=O)[nH]c3=O)O[C@@H]2CO[Si](C)(C)C(C)(C)C)(c2ccccc2)c2ccccc2)cc1. The summed E-state index contributed by atoms with van der Waals surface area (Å²) in [5.74, 6) is 0.667. The highest BCUT2D eigenvalue weighted by Gasteiger charge is 2.53. The molecule has 0 saturated carbocycles. The normalized spacial score (nSPS) is 20.5. The van der Waals surface area contributed by atoms with Crippen LogP contribution in [0.15, 0.2) is 101 Å². The summed E-state index contributed by atoms with van der Waals surface area (Å²) in [7, 11) is -0.700. The van der Waals surface area contributed by atoms with Gasteiger partial charge in [-0.1, -0.05) is 93.6 Å². The molecule has 0 amide bonds. The number of nitrogens with zero attached hydrogens (tertiary/aromatic N) is 1. The van der Waals surface area contributed by atoms with Gasteiger partial charge in [0.25, 0.3) is 5.56 Å². The fraction of sp³-hybridized carbons (Fsp3) is 0.389. The number of methoxy groups -OCH3 is 1. The van der Waals surface area contributed by atoms with Gasteiger partial charge in [0, 0.05) is 11.8 Å². The summed E-state index contributed by atoms with van der Waals surface area (Å²) in [6.45, 7) is 12.2. The minimum atomic E-state index is -2.30. The Hall–Kier alpha value is -3.83. The quantitative estimate of drug-likeness (QED) is 0.157. The molecule has 0 spiro atoms. The summed E-state index contributed by atoms with van der Waals surface area (Å²) >= 11 is 0. The van der Waals surface area contributed by atoms with Crippen molar-refractivity contribution in [1.29, 1.82) is 0 Å². The van der Waals surface area contributed by atoms with Crippen LogP contribution in [0.1, 0.15) is 49.3 Å². The van der Waals surface area contributed by atoms with Gasteiger partial charge in [0.2, 0.25) is 0 Å². The van der Waals surface area contributed by atoms with Gasteiger partial charge in [-0.05, 0) is 53.9 Å². The van der Waals surface area contributed by atoms with E-state index < -0.39 is 49.8 Å². The van der Waals surface area contributed by atoms with Crippen LogP contribution in [-0.4, -0.2) is 50.0 Å². The Morgan fingerprint density at radius 2 is 1.43 bits per heavy atom. The lowest BCUT2D eigenvalue weighted by atomic mass is 9.79. The highest BCUT2D eigenvalue weighted by atomic mass is 28.4. The molecule has 4 atom stereocenters. The van der Waals surface area contributed by atoms with Crippen LogP contribution in [0.5, 0.6) is 5.75 Å². The van der Waals surface area contributed by atoms with Crippen molar-refractivity contribution in [3.63, 3.8) is 0 Å². The Kier molecular flexibility index (Phi) is 9.56. The molecule has 8 nitrogen and oxygen atoms in total. The molecule has 1 aromatic heterocycles. The zero-order valence-electron chi connectivity index (χ0n) is 27.5. The van der Waals surface area contributed by atoms with Crippen LogP contribution >= 0.6 is 0 Å². The summed E-state index contributed by atoms with van der Waals surface area (Å²) in [6, 6.07) is 26.8. The van der Waals surface area contributed by atoms with Crippen LogP contribution in [-0.2, 0) is 19.5 Å². The molecule has 244 valence electrons. The van der Waals surface area contributed by atoms with Crippen molar-refractivity contribution in [2.45, 2.75) is 76.0 Å². The van der Waals surface area contributed by atoms with Gasteiger partial charge in [-0.15, -0.1) is 0 Å². The number of hydrogen-bond acceptors (Lipinski definition) is 6. The number of aromatic amines is 1. The van der Waals surface area contributed by atoms with E-state index >= 15 is 4.39 Å². The number of aryl methyl sites for hydroxylation is 1. The molecule has 0 radical (unpaired) electrons. The van der Waals surface area contributed by atoms with Gasteiger partial charge in [0.05, 0.1) is 13.7 Å². The first kappa shape index (κ1) is 33.5. The summed E-state index contributed by atoms with van der Waals surface area (Å²) in [6.07, 6.45) is -3.91.